The maximum absolute atomic E-state index is 13.6. The molecule has 0 aliphatic carbocycles. The third-order valence-electron chi connectivity index (χ3n) is 6.89. The summed E-state index contributed by atoms with van der Waals surface area (Å²) in [6.45, 7) is 12.3. The van der Waals surface area contributed by atoms with Crippen molar-refractivity contribution in [3.8, 4) is 0 Å². The van der Waals surface area contributed by atoms with Gasteiger partial charge in [-0.25, -0.2) is 4.39 Å². The summed E-state index contributed by atoms with van der Waals surface area (Å²) in [4.78, 5) is 8.46. The van der Waals surface area contributed by atoms with Gasteiger partial charge in [-0.3, -0.25) is 9.88 Å². The number of nitrogens with zero attached hydrogens (tertiary/aromatic N) is 2. The van der Waals surface area contributed by atoms with Gasteiger partial charge in [-0.2, -0.15) is 0 Å². The molecule has 2 aromatic heterocycles. The van der Waals surface area contributed by atoms with Gasteiger partial charge in [0, 0.05) is 45.6 Å². The van der Waals surface area contributed by atoms with E-state index < -0.39 is 0 Å². The summed E-state index contributed by atoms with van der Waals surface area (Å²) in [6.07, 6.45) is 5.25. The Morgan fingerprint density at radius 1 is 1.23 bits per heavy atom. The lowest BCUT2D eigenvalue weighted by Crippen LogP contribution is -2.42. The monoisotopic (exact) mass is 440 g/mol. The Labute approximate surface area is 189 Å². The number of aryl methyl sites for hydroxylation is 2. The van der Waals surface area contributed by atoms with Crippen molar-refractivity contribution >= 4 is 21.4 Å². The molecular weight excluding hydrogens is 407 g/mol. The van der Waals surface area contributed by atoms with Crippen LogP contribution in [-0.2, 0) is 16.7 Å². The van der Waals surface area contributed by atoms with Crippen LogP contribution in [0.2, 0.25) is 0 Å². The second-order valence-electron chi connectivity index (χ2n) is 9.45. The molecule has 166 valence electrons. The quantitative estimate of drug-likeness (QED) is 0.409. The van der Waals surface area contributed by atoms with Crippen molar-refractivity contribution in [3.63, 3.8) is 0 Å². The van der Waals surface area contributed by atoms with Crippen molar-refractivity contribution in [2.45, 2.75) is 52.5 Å². The molecule has 1 atom stereocenters. The van der Waals surface area contributed by atoms with Crippen LogP contribution in [-0.4, -0.2) is 36.2 Å². The molecule has 4 rings (SSSR count). The molecule has 0 radical (unpaired) electrons. The van der Waals surface area contributed by atoms with Crippen LogP contribution in [0.4, 0.5) is 4.39 Å². The van der Waals surface area contributed by atoms with Gasteiger partial charge in [-0.05, 0) is 94.8 Å². The highest BCUT2D eigenvalue weighted by molar-refractivity contribution is 7.19. The standard InChI is InChI=1S/C26H33FN2OS/c1-5-30-18-26(11-10-23-15-20-14-22(27)8-9-24(20)31-23)12-13-29(17-26)25(3,4)21-7-6-19(2)28-16-21/h6-9,14-16H,5,10-13,17-18H2,1-4H3. The van der Waals surface area contributed by atoms with Crippen LogP contribution in [0.3, 0.4) is 0 Å². The molecule has 1 aromatic carbocycles. The van der Waals surface area contributed by atoms with E-state index in [0.29, 0.717) is 0 Å². The normalized spacial score (nSPS) is 20.0. The molecular formula is C26H33FN2OS. The van der Waals surface area contributed by atoms with Gasteiger partial charge in [0.2, 0.25) is 0 Å². The third kappa shape index (κ3) is 4.84. The molecule has 1 saturated heterocycles. The number of hydrogen-bond acceptors (Lipinski definition) is 4. The van der Waals surface area contributed by atoms with E-state index in [1.54, 1.807) is 23.5 Å². The fraction of sp³-hybridized carbons (Fsp3) is 0.500. The highest BCUT2D eigenvalue weighted by Crippen LogP contribution is 2.42. The van der Waals surface area contributed by atoms with Gasteiger partial charge in [0.25, 0.3) is 0 Å². The first-order chi connectivity index (χ1) is 14.8. The molecule has 0 saturated carbocycles. The number of rotatable bonds is 8. The molecule has 0 N–H and O–H groups in total. The first kappa shape index (κ1) is 22.4. The van der Waals surface area contributed by atoms with Gasteiger partial charge < -0.3 is 4.74 Å². The van der Waals surface area contributed by atoms with Crippen molar-refractivity contribution in [2.75, 3.05) is 26.3 Å². The zero-order chi connectivity index (χ0) is 22.1. The topological polar surface area (TPSA) is 25.4 Å². The van der Waals surface area contributed by atoms with Crippen LogP contribution in [0.15, 0.2) is 42.6 Å². The molecule has 31 heavy (non-hydrogen) atoms. The van der Waals surface area contributed by atoms with Gasteiger partial charge in [0.1, 0.15) is 5.82 Å². The van der Waals surface area contributed by atoms with Gasteiger partial charge in [0.15, 0.2) is 0 Å². The van der Waals surface area contributed by atoms with E-state index in [-0.39, 0.29) is 16.8 Å². The molecule has 0 amide bonds. The van der Waals surface area contributed by atoms with E-state index in [4.69, 9.17) is 4.74 Å². The van der Waals surface area contributed by atoms with Gasteiger partial charge in [0.05, 0.1) is 6.61 Å². The molecule has 3 nitrogen and oxygen atoms in total. The lowest BCUT2D eigenvalue weighted by atomic mass is 9.82. The molecule has 0 spiro atoms. The fourth-order valence-corrected chi connectivity index (χ4v) is 5.76. The summed E-state index contributed by atoms with van der Waals surface area (Å²) in [5.41, 5.74) is 2.39. The van der Waals surface area contributed by atoms with Crippen molar-refractivity contribution < 1.29 is 9.13 Å². The molecule has 1 fully saturated rings. The molecule has 1 unspecified atom stereocenters. The van der Waals surface area contributed by atoms with Crippen molar-refractivity contribution in [1.29, 1.82) is 0 Å². The Morgan fingerprint density at radius 2 is 2.06 bits per heavy atom. The predicted octanol–water partition coefficient (Wildman–Crippen LogP) is 6.34. The molecule has 1 aliphatic heterocycles. The van der Waals surface area contributed by atoms with Crippen LogP contribution in [0, 0.1) is 18.2 Å². The lowest BCUT2D eigenvalue weighted by Gasteiger charge is -2.38. The number of ether oxygens (including phenoxy) is 1. The number of thiophene rings is 1. The minimum atomic E-state index is -0.163. The van der Waals surface area contributed by atoms with Crippen LogP contribution in [0.5, 0.6) is 0 Å². The summed E-state index contributed by atoms with van der Waals surface area (Å²) < 4.78 is 20.7. The van der Waals surface area contributed by atoms with E-state index >= 15 is 0 Å². The maximum atomic E-state index is 13.6. The van der Waals surface area contributed by atoms with E-state index in [0.717, 1.165) is 61.3 Å². The zero-order valence-electron chi connectivity index (χ0n) is 19.1. The molecule has 5 heteroatoms. The van der Waals surface area contributed by atoms with Gasteiger partial charge >= 0.3 is 0 Å². The SMILES string of the molecule is CCOCC1(CCc2cc3cc(F)ccc3s2)CCN(C(C)(C)c2ccc(C)nc2)C1. The lowest BCUT2D eigenvalue weighted by molar-refractivity contribution is 0.0386. The van der Waals surface area contributed by atoms with Crippen LogP contribution in [0.25, 0.3) is 10.1 Å². The second-order valence-corrected chi connectivity index (χ2v) is 10.6. The summed E-state index contributed by atoms with van der Waals surface area (Å²) in [5, 5.41) is 1.01. The average Bonchev–Trinajstić information content (AvgIpc) is 3.36. The number of aromatic nitrogens is 1. The number of benzene rings is 1. The minimum Gasteiger partial charge on any atom is -0.381 e. The Balaban J connectivity index is 1.50. The maximum Gasteiger partial charge on any atom is 0.123 e. The number of pyridine rings is 1. The van der Waals surface area contributed by atoms with Crippen LogP contribution >= 0.6 is 11.3 Å². The van der Waals surface area contributed by atoms with E-state index in [9.17, 15) is 4.39 Å². The van der Waals surface area contributed by atoms with E-state index in [2.05, 4.69) is 48.9 Å². The van der Waals surface area contributed by atoms with E-state index in [1.807, 2.05) is 19.2 Å². The van der Waals surface area contributed by atoms with Gasteiger partial charge in [-0.1, -0.05) is 6.07 Å². The Bertz CT molecular complexity index is 1030. The average molecular weight is 441 g/mol. The fourth-order valence-electron chi connectivity index (χ4n) is 4.72. The summed E-state index contributed by atoms with van der Waals surface area (Å²) in [5.74, 6) is -0.163. The zero-order valence-corrected chi connectivity index (χ0v) is 19.9. The molecule has 3 aromatic rings. The smallest absolute Gasteiger partial charge is 0.123 e. The number of likely N-dealkylation sites (tertiary alicyclic amines) is 1. The van der Waals surface area contributed by atoms with Crippen LogP contribution in [0.1, 0.15) is 49.7 Å². The number of fused-ring (bicyclic) bond motifs is 1. The molecule has 3 heterocycles. The largest absolute Gasteiger partial charge is 0.381 e. The highest BCUT2D eigenvalue weighted by atomic mass is 32.1. The third-order valence-corrected chi connectivity index (χ3v) is 8.07. The summed E-state index contributed by atoms with van der Waals surface area (Å²) in [7, 11) is 0. The Morgan fingerprint density at radius 3 is 2.81 bits per heavy atom. The molecule has 0 bridgehead atoms. The Hall–Kier alpha value is -1.82. The minimum absolute atomic E-state index is 0.0657. The predicted molar refractivity (Wildman–Crippen MR) is 127 cm³/mol. The molecule has 1 aliphatic rings. The van der Waals surface area contributed by atoms with E-state index in [1.165, 1.54) is 10.4 Å². The van der Waals surface area contributed by atoms with Crippen LogP contribution < -0.4 is 0 Å². The Kier molecular flexibility index (Phi) is 6.47. The van der Waals surface area contributed by atoms with Crippen molar-refractivity contribution in [1.82, 2.24) is 9.88 Å². The van der Waals surface area contributed by atoms with Crippen molar-refractivity contribution in [2.24, 2.45) is 5.41 Å². The number of hydrogen-bond donors (Lipinski definition) is 0. The highest BCUT2D eigenvalue weighted by Gasteiger charge is 2.43. The summed E-state index contributed by atoms with van der Waals surface area (Å²) in [6, 6.07) is 11.6. The first-order valence-electron chi connectivity index (χ1n) is 11.3. The second kappa shape index (κ2) is 8.97. The first-order valence-corrected chi connectivity index (χ1v) is 12.1. The summed E-state index contributed by atoms with van der Waals surface area (Å²) >= 11 is 1.79. The number of halogens is 1. The van der Waals surface area contributed by atoms with Gasteiger partial charge in [-0.15, -0.1) is 11.3 Å². The van der Waals surface area contributed by atoms with Crippen molar-refractivity contribution in [3.05, 3.63) is 64.5 Å².